The van der Waals surface area contributed by atoms with Gasteiger partial charge in [-0.1, -0.05) is 12.1 Å². The van der Waals surface area contributed by atoms with Crippen LogP contribution in [-0.2, 0) is 11.3 Å². The molecule has 11 nitrogen and oxygen atoms in total. The first-order valence-corrected chi connectivity index (χ1v) is 10.0. The highest BCUT2D eigenvalue weighted by Gasteiger charge is 2.37. The van der Waals surface area contributed by atoms with E-state index >= 15 is 0 Å². The van der Waals surface area contributed by atoms with Gasteiger partial charge in [-0.2, -0.15) is 0 Å². The lowest BCUT2D eigenvalue weighted by molar-refractivity contribution is -0.384. The third-order valence-corrected chi connectivity index (χ3v) is 5.05. The van der Waals surface area contributed by atoms with Crippen molar-refractivity contribution in [2.45, 2.75) is 6.54 Å². The molecule has 1 aliphatic heterocycles. The minimum atomic E-state index is -0.772. The number of hydrogen-bond donors (Lipinski definition) is 2. The number of nitrogens with zero attached hydrogens (tertiary/aromatic N) is 3. The second-order valence-electron chi connectivity index (χ2n) is 7.36. The van der Waals surface area contributed by atoms with E-state index in [2.05, 4.69) is 15.6 Å². The van der Waals surface area contributed by atoms with Crippen LogP contribution in [0.1, 0.15) is 36.6 Å². The zero-order valence-corrected chi connectivity index (χ0v) is 17.6. The summed E-state index contributed by atoms with van der Waals surface area (Å²) in [5, 5.41) is 16.3. The molecule has 1 aliphatic rings. The van der Waals surface area contributed by atoms with Crippen LogP contribution in [0.5, 0.6) is 0 Å². The lowest BCUT2D eigenvalue weighted by Crippen LogP contribution is -2.37. The molecule has 2 aromatic carbocycles. The molecular formula is C23H17N5O6. The number of fused-ring (bicyclic) bond motifs is 1. The standard InChI is InChI=1S/C23H17N5O6/c29-20(13-27-22(31)18-7-6-17(28(33)34)10-19(18)23(27)32)26-16-5-1-3-14(9-16)11-25-21(30)15-4-2-8-24-12-15/h1-10,12H,11,13H2,(H,25,30)(H,26,29). The molecule has 3 aromatic rings. The van der Waals surface area contributed by atoms with Crippen molar-refractivity contribution in [3.8, 4) is 0 Å². The first kappa shape index (κ1) is 22.3. The van der Waals surface area contributed by atoms with Crippen LogP contribution < -0.4 is 10.6 Å². The van der Waals surface area contributed by atoms with Gasteiger partial charge in [0.25, 0.3) is 23.4 Å². The van der Waals surface area contributed by atoms with Gasteiger partial charge in [0.2, 0.25) is 5.91 Å². The number of imide groups is 1. The van der Waals surface area contributed by atoms with E-state index in [0.29, 0.717) is 16.8 Å². The number of hydrogen-bond acceptors (Lipinski definition) is 7. The Hall–Kier alpha value is -4.93. The van der Waals surface area contributed by atoms with Crippen molar-refractivity contribution in [3.05, 3.63) is 99.4 Å². The van der Waals surface area contributed by atoms with Gasteiger partial charge in [0.15, 0.2) is 0 Å². The fourth-order valence-electron chi connectivity index (χ4n) is 3.42. The lowest BCUT2D eigenvalue weighted by atomic mass is 10.1. The molecule has 0 fully saturated rings. The normalized spacial score (nSPS) is 12.3. The van der Waals surface area contributed by atoms with Gasteiger partial charge in [-0.3, -0.25) is 39.2 Å². The number of carbonyl (C=O) groups is 4. The van der Waals surface area contributed by atoms with E-state index in [1.165, 1.54) is 12.3 Å². The lowest BCUT2D eigenvalue weighted by Gasteiger charge is -2.14. The highest BCUT2D eigenvalue weighted by molar-refractivity contribution is 6.23. The van der Waals surface area contributed by atoms with Gasteiger partial charge in [-0.05, 0) is 35.9 Å². The number of aromatic nitrogens is 1. The Morgan fingerprint density at radius 3 is 2.53 bits per heavy atom. The molecule has 0 atom stereocenters. The maximum Gasteiger partial charge on any atom is 0.270 e. The molecule has 170 valence electrons. The van der Waals surface area contributed by atoms with Crippen molar-refractivity contribution in [1.82, 2.24) is 15.2 Å². The number of rotatable bonds is 7. The minimum absolute atomic E-state index is 0.00903. The third-order valence-electron chi connectivity index (χ3n) is 5.05. The van der Waals surface area contributed by atoms with Gasteiger partial charge < -0.3 is 10.6 Å². The Labute approximate surface area is 192 Å². The van der Waals surface area contributed by atoms with Gasteiger partial charge >= 0.3 is 0 Å². The Balaban J connectivity index is 1.38. The molecule has 0 saturated carbocycles. The number of nitrogens with one attached hydrogen (secondary N) is 2. The van der Waals surface area contributed by atoms with E-state index in [-0.39, 0.29) is 29.3 Å². The molecule has 2 N–H and O–H groups in total. The number of pyridine rings is 1. The second kappa shape index (κ2) is 9.28. The SMILES string of the molecule is O=C(CN1C(=O)c2ccc([N+](=O)[O-])cc2C1=O)Nc1cccc(CNC(=O)c2cccnc2)c1. The van der Waals surface area contributed by atoms with E-state index < -0.39 is 29.2 Å². The molecule has 0 spiro atoms. The van der Waals surface area contributed by atoms with Crippen LogP contribution in [0.4, 0.5) is 11.4 Å². The van der Waals surface area contributed by atoms with Crippen molar-refractivity contribution >= 4 is 35.0 Å². The predicted molar refractivity (Wildman–Crippen MR) is 119 cm³/mol. The topological polar surface area (TPSA) is 152 Å². The van der Waals surface area contributed by atoms with Crippen molar-refractivity contribution in [2.75, 3.05) is 11.9 Å². The summed E-state index contributed by atoms with van der Waals surface area (Å²) in [7, 11) is 0. The summed E-state index contributed by atoms with van der Waals surface area (Å²) < 4.78 is 0. The number of amides is 4. The average Bonchev–Trinajstić information content (AvgIpc) is 3.07. The van der Waals surface area contributed by atoms with Gasteiger partial charge in [0.1, 0.15) is 6.54 Å². The Kier molecular flexibility index (Phi) is 6.08. The van der Waals surface area contributed by atoms with Crippen molar-refractivity contribution in [2.24, 2.45) is 0 Å². The molecule has 0 aliphatic carbocycles. The van der Waals surface area contributed by atoms with Gasteiger partial charge in [-0.25, -0.2) is 0 Å². The first-order valence-electron chi connectivity index (χ1n) is 10.0. The largest absolute Gasteiger partial charge is 0.348 e. The van der Waals surface area contributed by atoms with Crippen LogP contribution in [0.3, 0.4) is 0 Å². The summed E-state index contributed by atoms with van der Waals surface area (Å²) in [4.78, 5) is 64.6. The predicted octanol–water partition coefficient (Wildman–Crippen LogP) is 2.15. The maximum atomic E-state index is 12.5. The molecule has 0 radical (unpaired) electrons. The van der Waals surface area contributed by atoms with E-state index in [1.54, 1.807) is 42.6 Å². The summed E-state index contributed by atoms with van der Waals surface area (Å²) in [5.74, 6) is -2.39. The van der Waals surface area contributed by atoms with Crippen molar-refractivity contribution < 1.29 is 24.1 Å². The minimum Gasteiger partial charge on any atom is -0.348 e. The molecule has 1 aromatic heterocycles. The van der Waals surface area contributed by atoms with E-state index in [9.17, 15) is 29.3 Å². The molecule has 4 rings (SSSR count). The number of benzene rings is 2. The van der Waals surface area contributed by atoms with Crippen LogP contribution in [0, 0.1) is 10.1 Å². The Bertz CT molecular complexity index is 1320. The molecule has 34 heavy (non-hydrogen) atoms. The monoisotopic (exact) mass is 459 g/mol. The van der Waals surface area contributed by atoms with Crippen molar-refractivity contribution in [3.63, 3.8) is 0 Å². The van der Waals surface area contributed by atoms with Gasteiger partial charge in [0.05, 0.1) is 21.6 Å². The molecule has 0 saturated heterocycles. The van der Waals surface area contributed by atoms with Crippen LogP contribution in [0.25, 0.3) is 0 Å². The highest BCUT2D eigenvalue weighted by Crippen LogP contribution is 2.26. The summed E-state index contributed by atoms with van der Waals surface area (Å²) in [6, 6.07) is 13.4. The molecule has 0 unspecified atom stereocenters. The van der Waals surface area contributed by atoms with Gasteiger partial charge in [0, 0.05) is 36.8 Å². The maximum absolute atomic E-state index is 12.5. The molecule has 2 heterocycles. The number of non-ortho nitro benzene ring substituents is 1. The number of nitro benzene ring substituents is 1. The summed E-state index contributed by atoms with van der Waals surface area (Å²) in [5.41, 5.74) is 1.11. The van der Waals surface area contributed by atoms with Gasteiger partial charge in [-0.15, -0.1) is 0 Å². The quantitative estimate of drug-likeness (QED) is 0.312. The first-order chi connectivity index (χ1) is 16.3. The third kappa shape index (κ3) is 4.63. The molecular weight excluding hydrogens is 442 g/mol. The fourth-order valence-corrected chi connectivity index (χ4v) is 3.42. The Morgan fingerprint density at radius 2 is 1.79 bits per heavy atom. The van der Waals surface area contributed by atoms with Crippen LogP contribution >= 0.6 is 0 Å². The summed E-state index contributed by atoms with van der Waals surface area (Å²) in [6.45, 7) is -0.350. The molecule has 4 amide bonds. The highest BCUT2D eigenvalue weighted by atomic mass is 16.6. The van der Waals surface area contributed by atoms with Crippen LogP contribution in [-0.4, -0.2) is 45.0 Å². The fraction of sp³-hybridized carbons (Fsp3) is 0.0870. The molecule has 0 bridgehead atoms. The zero-order valence-electron chi connectivity index (χ0n) is 17.6. The van der Waals surface area contributed by atoms with Crippen LogP contribution in [0.15, 0.2) is 67.0 Å². The van der Waals surface area contributed by atoms with E-state index in [4.69, 9.17) is 0 Å². The smallest absolute Gasteiger partial charge is 0.270 e. The Morgan fingerprint density at radius 1 is 1.00 bits per heavy atom. The summed E-state index contributed by atoms with van der Waals surface area (Å²) >= 11 is 0. The van der Waals surface area contributed by atoms with Crippen LogP contribution in [0.2, 0.25) is 0 Å². The number of carbonyl (C=O) groups excluding carboxylic acids is 4. The molecule has 11 heteroatoms. The summed E-state index contributed by atoms with van der Waals surface area (Å²) in [6.07, 6.45) is 3.01. The number of nitro groups is 1. The number of anilines is 1. The second-order valence-corrected chi connectivity index (χ2v) is 7.36. The van der Waals surface area contributed by atoms with E-state index in [0.717, 1.165) is 17.0 Å². The zero-order chi connectivity index (χ0) is 24.2. The average molecular weight is 459 g/mol. The van der Waals surface area contributed by atoms with Crippen molar-refractivity contribution in [1.29, 1.82) is 0 Å². The van der Waals surface area contributed by atoms with E-state index in [1.807, 2.05) is 0 Å².